The first-order chi connectivity index (χ1) is 18.4. The van der Waals surface area contributed by atoms with Crippen molar-refractivity contribution >= 4 is 19.9 Å². The molecule has 1 aromatic carbocycles. The SMILES string of the molecule is CCCCCCCCCCCCCC[C@H](O)C(=O)[C@H](CCO[Si](C)(C)C(C)(C)C)C(N)C(=O)c1ccccc1. The number of rotatable bonds is 22. The Morgan fingerprint density at radius 2 is 1.33 bits per heavy atom. The Morgan fingerprint density at radius 3 is 1.82 bits per heavy atom. The van der Waals surface area contributed by atoms with E-state index in [-0.39, 0.29) is 16.6 Å². The molecule has 0 spiro atoms. The smallest absolute Gasteiger partial charge is 0.191 e. The second-order valence-corrected chi connectivity index (χ2v) is 17.7. The van der Waals surface area contributed by atoms with Crippen molar-refractivity contribution in [1.29, 1.82) is 0 Å². The standard InChI is InChI=1S/C33H59NO4Si/c1-7-8-9-10-11-12-13-14-15-16-17-21-24-29(35)32(37)28(25-26-38-39(5,6)33(2,3)4)30(34)31(36)27-22-19-18-20-23-27/h18-20,22-23,28-30,35H,7-17,21,24-26,34H2,1-6H3/t28-,29+,30?/m1/s1. The molecule has 224 valence electrons. The van der Waals surface area contributed by atoms with Crippen LogP contribution in [-0.2, 0) is 9.22 Å². The predicted octanol–water partition coefficient (Wildman–Crippen LogP) is 8.25. The lowest BCUT2D eigenvalue weighted by atomic mass is 9.84. The van der Waals surface area contributed by atoms with Gasteiger partial charge in [0, 0.05) is 18.1 Å². The quantitative estimate of drug-likeness (QED) is 0.0845. The number of hydrogen-bond acceptors (Lipinski definition) is 5. The van der Waals surface area contributed by atoms with Crippen LogP contribution >= 0.6 is 0 Å². The van der Waals surface area contributed by atoms with Crippen LogP contribution in [0, 0.1) is 5.92 Å². The molecule has 0 fully saturated rings. The molecule has 3 N–H and O–H groups in total. The number of hydrogen-bond donors (Lipinski definition) is 2. The van der Waals surface area contributed by atoms with E-state index in [1.807, 2.05) is 6.07 Å². The monoisotopic (exact) mass is 561 g/mol. The molecule has 0 aliphatic rings. The van der Waals surface area contributed by atoms with Crippen molar-refractivity contribution in [1.82, 2.24) is 0 Å². The average molecular weight is 562 g/mol. The molecule has 3 atom stereocenters. The van der Waals surface area contributed by atoms with Crippen LogP contribution in [0.15, 0.2) is 30.3 Å². The highest BCUT2D eigenvalue weighted by Crippen LogP contribution is 2.36. The summed E-state index contributed by atoms with van der Waals surface area (Å²) in [6.07, 6.45) is 14.5. The lowest BCUT2D eigenvalue weighted by Gasteiger charge is -2.36. The van der Waals surface area contributed by atoms with E-state index >= 15 is 0 Å². The number of ketones is 2. The van der Waals surface area contributed by atoms with E-state index in [1.54, 1.807) is 24.3 Å². The van der Waals surface area contributed by atoms with E-state index in [0.29, 0.717) is 25.0 Å². The zero-order chi connectivity index (χ0) is 29.3. The first kappa shape index (κ1) is 35.7. The van der Waals surface area contributed by atoms with Crippen LogP contribution in [0.2, 0.25) is 18.1 Å². The maximum absolute atomic E-state index is 13.4. The van der Waals surface area contributed by atoms with E-state index in [0.717, 1.165) is 19.3 Å². The van der Waals surface area contributed by atoms with Crippen molar-refractivity contribution in [3.8, 4) is 0 Å². The van der Waals surface area contributed by atoms with E-state index < -0.39 is 26.4 Å². The Morgan fingerprint density at radius 1 is 0.846 bits per heavy atom. The Balaban J connectivity index is 2.58. The molecule has 5 nitrogen and oxygen atoms in total. The summed E-state index contributed by atoms with van der Waals surface area (Å²) >= 11 is 0. The zero-order valence-corrected chi connectivity index (χ0v) is 27.0. The summed E-state index contributed by atoms with van der Waals surface area (Å²) in [5.74, 6) is -1.36. The fourth-order valence-electron chi connectivity index (χ4n) is 4.70. The number of aliphatic hydroxyl groups excluding tert-OH is 1. The molecule has 0 heterocycles. The lowest BCUT2D eigenvalue weighted by Crippen LogP contribution is -2.47. The van der Waals surface area contributed by atoms with Gasteiger partial charge in [-0.25, -0.2) is 0 Å². The molecule has 0 saturated heterocycles. The van der Waals surface area contributed by atoms with E-state index in [2.05, 4.69) is 40.8 Å². The second kappa shape index (κ2) is 18.9. The van der Waals surface area contributed by atoms with Crippen molar-refractivity contribution in [3.63, 3.8) is 0 Å². The Labute approximate surface area is 240 Å². The van der Waals surface area contributed by atoms with Gasteiger partial charge in [0.1, 0.15) is 6.10 Å². The average Bonchev–Trinajstić information content (AvgIpc) is 2.90. The van der Waals surface area contributed by atoms with Gasteiger partial charge in [-0.15, -0.1) is 0 Å². The van der Waals surface area contributed by atoms with Crippen molar-refractivity contribution in [2.24, 2.45) is 11.7 Å². The van der Waals surface area contributed by atoms with Gasteiger partial charge in [-0.2, -0.15) is 0 Å². The van der Waals surface area contributed by atoms with Crippen LogP contribution in [0.4, 0.5) is 0 Å². The predicted molar refractivity (Wildman–Crippen MR) is 167 cm³/mol. The highest BCUT2D eigenvalue weighted by Gasteiger charge is 2.39. The lowest BCUT2D eigenvalue weighted by molar-refractivity contribution is -0.132. The molecule has 0 aromatic heterocycles. The van der Waals surface area contributed by atoms with E-state index in [9.17, 15) is 14.7 Å². The summed E-state index contributed by atoms with van der Waals surface area (Å²) in [6, 6.07) is 7.87. The topological polar surface area (TPSA) is 89.6 Å². The Kier molecular flexibility index (Phi) is 17.3. The number of aliphatic hydroxyl groups is 1. The molecule has 6 heteroatoms. The van der Waals surface area contributed by atoms with Crippen LogP contribution in [0.25, 0.3) is 0 Å². The molecular formula is C33H59NO4Si. The van der Waals surface area contributed by atoms with Crippen molar-refractivity contribution in [2.45, 2.75) is 148 Å². The fraction of sp³-hybridized carbons (Fsp3) is 0.758. The van der Waals surface area contributed by atoms with Gasteiger partial charge in [0.25, 0.3) is 0 Å². The van der Waals surface area contributed by atoms with Crippen LogP contribution in [0.1, 0.15) is 128 Å². The minimum atomic E-state index is -2.01. The molecule has 0 saturated carbocycles. The fourth-order valence-corrected chi connectivity index (χ4v) is 5.76. The summed E-state index contributed by atoms with van der Waals surface area (Å²) in [5, 5.41) is 10.8. The third kappa shape index (κ3) is 13.7. The molecule has 0 bridgehead atoms. The Bertz CT molecular complexity index is 806. The van der Waals surface area contributed by atoms with Crippen molar-refractivity contribution < 1.29 is 19.1 Å². The molecule has 1 unspecified atom stereocenters. The number of Topliss-reactive ketones (excluding diaryl/α,β-unsaturated/α-hetero) is 2. The summed E-state index contributed by atoms with van der Waals surface area (Å²) in [4.78, 5) is 26.5. The highest BCUT2D eigenvalue weighted by molar-refractivity contribution is 6.74. The Hall–Kier alpha value is -1.34. The molecular weight excluding hydrogens is 502 g/mol. The highest BCUT2D eigenvalue weighted by atomic mass is 28.4. The zero-order valence-electron chi connectivity index (χ0n) is 26.0. The summed E-state index contributed by atoms with van der Waals surface area (Å²) in [7, 11) is -2.01. The summed E-state index contributed by atoms with van der Waals surface area (Å²) < 4.78 is 6.31. The number of unbranched alkanes of at least 4 members (excludes halogenated alkanes) is 11. The van der Waals surface area contributed by atoms with Gasteiger partial charge in [-0.3, -0.25) is 9.59 Å². The maximum Gasteiger partial charge on any atom is 0.191 e. The second-order valence-electron chi connectivity index (χ2n) is 12.9. The van der Waals surface area contributed by atoms with Gasteiger partial charge in [0.15, 0.2) is 19.9 Å². The van der Waals surface area contributed by atoms with Gasteiger partial charge in [-0.1, -0.05) is 135 Å². The van der Waals surface area contributed by atoms with E-state index in [4.69, 9.17) is 10.2 Å². The normalized spacial score (nSPS) is 14.7. The minimum absolute atomic E-state index is 0.0443. The number of carbonyl (C=O) groups excluding carboxylic acids is 2. The van der Waals surface area contributed by atoms with Gasteiger partial charge in [0.05, 0.1) is 6.04 Å². The maximum atomic E-state index is 13.4. The van der Waals surface area contributed by atoms with Crippen LogP contribution < -0.4 is 5.73 Å². The molecule has 1 rings (SSSR count). The molecule has 1 aromatic rings. The number of carbonyl (C=O) groups is 2. The van der Waals surface area contributed by atoms with Gasteiger partial charge < -0.3 is 15.3 Å². The molecule has 0 aliphatic carbocycles. The van der Waals surface area contributed by atoms with Crippen LogP contribution in [-0.4, -0.2) is 43.7 Å². The van der Waals surface area contributed by atoms with E-state index in [1.165, 1.54) is 57.8 Å². The van der Waals surface area contributed by atoms with Crippen LogP contribution in [0.5, 0.6) is 0 Å². The number of nitrogens with two attached hydrogens (primary N) is 1. The van der Waals surface area contributed by atoms with Gasteiger partial charge >= 0.3 is 0 Å². The third-order valence-electron chi connectivity index (χ3n) is 8.52. The molecule has 0 aliphatic heterocycles. The molecule has 0 amide bonds. The first-order valence-electron chi connectivity index (χ1n) is 15.6. The third-order valence-corrected chi connectivity index (χ3v) is 13.1. The van der Waals surface area contributed by atoms with Gasteiger partial charge in [-0.05, 0) is 31.0 Å². The molecule has 0 radical (unpaired) electrons. The molecule has 39 heavy (non-hydrogen) atoms. The van der Waals surface area contributed by atoms with Crippen molar-refractivity contribution in [3.05, 3.63) is 35.9 Å². The van der Waals surface area contributed by atoms with Crippen molar-refractivity contribution in [2.75, 3.05) is 6.61 Å². The number of benzene rings is 1. The van der Waals surface area contributed by atoms with Gasteiger partial charge in [0.2, 0.25) is 0 Å². The summed E-state index contributed by atoms with van der Waals surface area (Å²) in [5.41, 5.74) is 6.90. The largest absolute Gasteiger partial charge is 0.417 e. The first-order valence-corrected chi connectivity index (χ1v) is 18.5. The minimum Gasteiger partial charge on any atom is -0.417 e. The summed E-state index contributed by atoms with van der Waals surface area (Å²) in [6.45, 7) is 13.5. The van der Waals surface area contributed by atoms with Crippen LogP contribution in [0.3, 0.4) is 0 Å².